The molecule has 1 aromatic rings. The van der Waals surface area contributed by atoms with Crippen LogP contribution in [0.4, 0.5) is 0 Å². The second-order valence-corrected chi connectivity index (χ2v) is 6.44. The molecule has 1 aliphatic rings. The maximum Gasteiger partial charge on any atom is 0.337 e. The van der Waals surface area contributed by atoms with Gasteiger partial charge in [-0.3, -0.25) is 14.6 Å². The monoisotopic (exact) mass is 477 g/mol. The Morgan fingerprint density at radius 1 is 1.24 bits per heavy atom. The molecule has 2 N–H and O–H groups in total. The number of hydrogen-bond donors (Lipinski definition) is 2. The summed E-state index contributed by atoms with van der Waals surface area (Å²) < 4.78 is 5.19. The third kappa shape index (κ3) is 3.69. The van der Waals surface area contributed by atoms with E-state index < -0.39 is 29.7 Å². The third-order valence-corrected chi connectivity index (χ3v) is 5.15. The standard InChI is InChI=1S/C16H13ClINO6/c1-25-14-11(15(23)24)16(7-18,6-10(20)21)19-12(14)13(22)8-2-4-9(17)5-3-8/h2-5H,6-7H2,1H3,(H,20,21)(H,23,24). The smallest absolute Gasteiger partial charge is 0.337 e. The maximum absolute atomic E-state index is 12.8. The van der Waals surface area contributed by atoms with E-state index in [4.69, 9.17) is 16.3 Å². The van der Waals surface area contributed by atoms with Crippen LogP contribution in [0.5, 0.6) is 0 Å². The molecule has 0 radical (unpaired) electrons. The van der Waals surface area contributed by atoms with E-state index in [-0.39, 0.29) is 27.0 Å². The number of rotatable bonds is 7. The van der Waals surface area contributed by atoms with Crippen LogP contribution in [0.3, 0.4) is 0 Å². The maximum atomic E-state index is 12.8. The molecule has 7 nitrogen and oxygen atoms in total. The lowest BCUT2D eigenvalue weighted by atomic mass is 9.89. The van der Waals surface area contributed by atoms with E-state index in [2.05, 4.69) is 4.99 Å². The normalized spacial score (nSPS) is 19.6. The minimum atomic E-state index is -1.57. The van der Waals surface area contributed by atoms with E-state index in [1.54, 1.807) is 0 Å². The van der Waals surface area contributed by atoms with E-state index in [9.17, 15) is 24.6 Å². The van der Waals surface area contributed by atoms with Gasteiger partial charge in [0.05, 0.1) is 13.5 Å². The zero-order chi connectivity index (χ0) is 18.8. The van der Waals surface area contributed by atoms with Gasteiger partial charge in [0.15, 0.2) is 5.76 Å². The topological polar surface area (TPSA) is 113 Å². The van der Waals surface area contributed by atoms with Gasteiger partial charge < -0.3 is 14.9 Å². The van der Waals surface area contributed by atoms with Crippen LogP contribution in [0.15, 0.2) is 40.6 Å². The number of halogens is 2. The summed E-state index contributed by atoms with van der Waals surface area (Å²) in [6.45, 7) is 0. The predicted molar refractivity (Wildman–Crippen MR) is 98.8 cm³/mol. The fourth-order valence-electron chi connectivity index (χ4n) is 2.56. The summed E-state index contributed by atoms with van der Waals surface area (Å²) in [5, 5.41) is 19.2. The zero-order valence-electron chi connectivity index (χ0n) is 13.0. The summed E-state index contributed by atoms with van der Waals surface area (Å²) in [5.74, 6) is -3.39. The average Bonchev–Trinajstić information content (AvgIpc) is 2.89. The number of aliphatic carboxylic acids is 2. The Morgan fingerprint density at radius 2 is 1.84 bits per heavy atom. The number of benzene rings is 1. The van der Waals surface area contributed by atoms with Crippen LogP contribution < -0.4 is 0 Å². The molecule has 0 saturated carbocycles. The number of methoxy groups -OCH3 is 1. The van der Waals surface area contributed by atoms with Crippen LogP contribution in [0.1, 0.15) is 16.8 Å². The molecule has 0 spiro atoms. The van der Waals surface area contributed by atoms with E-state index >= 15 is 0 Å². The van der Waals surface area contributed by atoms with Crippen molar-refractivity contribution in [1.82, 2.24) is 0 Å². The van der Waals surface area contributed by atoms with E-state index in [1.165, 1.54) is 31.4 Å². The van der Waals surface area contributed by atoms with Crippen molar-refractivity contribution in [1.29, 1.82) is 0 Å². The van der Waals surface area contributed by atoms with Crippen molar-refractivity contribution in [2.45, 2.75) is 12.0 Å². The molecule has 1 atom stereocenters. The van der Waals surface area contributed by atoms with Crippen molar-refractivity contribution in [2.75, 3.05) is 11.5 Å². The first-order valence-electron chi connectivity index (χ1n) is 6.96. The Labute approximate surface area is 161 Å². The van der Waals surface area contributed by atoms with Gasteiger partial charge in [-0.15, -0.1) is 0 Å². The molecule has 0 bridgehead atoms. The number of nitrogens with zero attached hydrogens (tertiary/aromatic N) is 1. The Kier molecular flexibility index (Phi) is 5.83. The highest BCUT2D eigenvalue weighted by Gasteiger charge is 2.49. The van der Waals surface area contributed by atoms with Crippen LogP contribution in [-0.2, 0) is 14.3 Å². The summed E-state index contributed by atoms with van der Waals surface area (Å²) >= 11 is 7.65. The molecule has 1 aliphatic heterocycles. The quantitative estimate of drug-likeness (QED) is 0.355. The van der Waals surface area contributed by atoms with E-state index in [1.807, 2.05) is 22.6 Å². The first kappa shape index (κ1) is 19.4. The summed E-state index contributed by atoms with van der Waals surface area (Å²) in [7, 11) is 1.22. The molecule has 0 saturated heterocycles. The van der Waals surface area contributed by atoms with Crippen molar-refractivity contribution >= 4 is 57.6 Å². The summed E-state index contributed by atoms with van der Waals surface area (Å²) in [6.07, 6.45) is -0.568. The summed E-state index contributed by atoms with van der Waals surface area (Å²) in [5.41, 5.74) is -1.87. The van der Waals surface area contributed by atoms with Gasteiger partial charge in [0, 0.05) is 15.0 Å². The molecule has 0 aliphatic carbocycles. The Hall–Kier alpha value is -1.94. The van der Waals surface area contributed by atoms with E-state index in [0.29, 0.717) is 5.02 Å². The fourth-order valence-corrected chi connectivity index (χ4v) is 3.51. The summed E-state index contributed by atoms with van der Waals surface area (Å²) in [6, 6.07) is 5.98. The third-order valence-electron chi connectivity index (χ3n) is 3.64. The molecule has 132 valence electrons. The van der Waals surface area contributed by atoms with Gasteiger partial charge in [-0.25, -0.2) is 4.79 Å². The molecular weight excluding hydrogens is 465 g/mol. The van der Waals surface area contributed by atoms with Crippen LogP contribution in [-0.4, -0.2) is 50.7 Å². The average molecular weight is 478 g/mol. The molecule has 0 fully saturated rings. The number of hydrogen-bond acceptors (Lipinski definition) is 5. The lowest BCUT2D eigenvalue weighted by molar-refractivity contribution is -0.138. The van der Waals surface area contributed by atoms with Gasteiger partial charge in [0.25, 0.3) is 0 Å². The highest BCUT2D eigenvalue weighted by atomic mass is 127. The number of carbonyl (C=O) groups excluding carboxylic acids is 1. The number of carboxylic acid groups (broad SMARTS) is 2. The van der Waals surface area contributed by atoms with Crippen molar-refractivity contribution < 1.29 is 29.3 Å². The highest BCUT2D eigenvalue weighted by Crippen LogP contribution is 2.38. The van der Waals surface area contributed by atoms with Gasteiger partial charge in [0.1, 0.15) is 16.8 Å². The van der Waals surface area contributed by atoms with Crippen molar-refractivity contribution in [2.24, 2.45) is 4.99 Å². The molecule has 0 aromatic heterocycles. The number of aliphatic imine (C=N–C) groups is 1. The predicted octanol–water partition coefficient (Wildman–Crippen LogP) is 2.61. The van der Waals surface area contributed by atoms with Crippen LogP contribution in [0.25, 0.3) is 0 Å². The lowest BCUT2D eigenvalue weighted by Gasteiger charge is -2.23. The van der Waals surface area contributed by atoms with Gasteiger partial charge in [-0.2, -0.15) is 0 Å². The Balaban J connectivity index is 2.62. The zero-order valence-corrected chi connectivity index (χ0v) is 15.9. The molecular formula is C16H13ClINO6. The number of allylic oxidation sites excluding steroid dienone is 1. The number of alkyl halides is 1. The first-order valence-corrected chi connectivity index (χ1v) is 8.86. The largest absolute Gasteiger partial charge is 0.494 e. The lowest BCUT2D eigenvalue weighted by Crippen LogP contribution is -2.36. The molecule has 1 heterocycles. The molecule has 9 heteroatoms. The number of ketones is 1. The number of Topliss-reactive ketones (excluding diaryl/α,β-unsaturated/α-hetero) is 1. The van der Waals surface area contributed by atoms with Crippen LogP contribution in [0, 0.1) is 0 Å². The number of carboxylic acids is 2. The van der Waals surface area contributed by atoms with Crippen molar-refractivity contribution in [3.8, 4) is 0 Å². The fraction of sp³-hybridized carbons (Fsp3) is 0.250. The van der Waals surface area contributed by atoms with Gasteiger partial charge in [-0.1, -0.05) is 34.2 Å². The molecule has 1 unspecified atom stereocenters. The molecule has 2 rings (SSSR count). The summed E-state index contributed by atoms with van der Waals surface area (Å²) in [4.78, 5) is 39.9. The van der Waals surface area contributed by atoms with E-state index in [0.717, 1.165) is 0 Å². The Bertz CT molecular complexity index is 801. The van der Waals surface area contributed by atoms with Crippen LogP contribution >= 0.6 is 34.2 Å². The number of ether oxygens (including phenoxy) is 1. The number of carbonyl (C=O) groups is 3. The molecule has 1 aromatic carbocycles. The van der Waals surface area contributed by atoms with Gasteiger partial charge >= 0.3 is 11.9 Å². The minimum Gasteiger partial charge on any atom is -0.494 e. The molecule has 0 amide bonds. The van der Waals surface area contributed by atoms with Crippen LogP contribution in [0.2, 0.25) is 5.02 Å². The highest BCUT2D eigenvalue weighted by molar-refractivity contribution is 14.1. The minimum absolute atomic E-state index is 0.0585. The second-order valence-electron chi connectivity index (χ2n) is 5.25. The van der Waals surface area contributed by atoms with Crippen molar-refractivity contribution in [3.63, 3.8) is 0 Å². The SMILES string of the molecule is COC1=C(C(=O)O)C(CI)(CC(=O)O)N=C1C(=O)c1ccc(Cl)cc1. The van der Waals surface area contributed by atoms with Crippen molar-refractivity contribution in [3.05, 3.63) is 46.2 Å². The molecule has 25 heavy (non-hydrogen) atoms. The first-order chi connectivity index (χ1) is 11.8. The second kappa shape index (κ2) is 7.52. The van der Waals surface area contributed by atoms with Gasteiger partial charge in [-0.05, 0) is 24.3 Å². The van der Waals surface area contributed by atoms with Gasteiger partial charge in [0.2, 0.25) is 5.78 Å². The Morgan fingerprint density at radius 3 is 2.28 bits per heavy atom.